The van der Waals surface area contributed by atoms with Crippen molar-refractivity contribution in [2.24, 2.45) is 0 Å². The number of likely N-dealkylation sites (tertiary alicyclic amines) is 1. The Morgan fingerprint density at radius 1 is 1.12 bits per heavy atom. The van der Waals surface area contributed by atoms with E-state index < -0.39 is 0 Å². The Balaban J connectivity index is 1.18. The predicted octanol–water partition coefficient (Wildman–Crippen LogP) is 3.92. The Kier molecular flexibility index (Phi) is 7.43. The van der Waals surface area contributed by atoms with E-state index in [4.69, 9.17) is 20.3 Å². The number of nitrogen functional groups attached to an aromatic ring is 1. The van der Waals surface area contributed by atoms with Crippen LogP contribution in [0.3, 0.4) is 0 Å². The van der Waals surface area contributed by atoms with Crippen LogP contribution in [0.1, 0.15) is 18.9 Å². The zero-order valence-electron chi connectivity index (χ0n) is 22.5. The molecule has 2 aliphatic heterocycles. The smallest absolute Gasteiger partial charge is 0.246 e. The molecule has 10 heteroatoms. The minimum atomic E-state index is -0.0121. The maximum Gasteiger partial charge on any atom is 0.246 e. The second-order valence-corrected chi connectivity index (χ2v) is 10.3. The number of ether oxygens (including phenoxy) is 2. The van der Waals surface area contributed by atoms with Crippen LogP contribution in [-0.2, 0) is 9.53 Å². The molecule has 2 aromatic carbocycles. The third-order valence-electron chi connectivity index (χ3n) is 7.63. The maximum atomic E-state index is 12.9. The Morgan fingerprint density at radius 3 is 2.70 bits per heavy atom. The lowest BCUT2D eigenvalue weighted by Gasteiger charge is -2.21. The number of nitrogens with zero attached hydrogens (tertiary/aromatic N) is 6. The number of para-hydroxylation sites is 1. The van der Waals surface area contributed by atoms with Gasteiger partial charge in [-0.25, -0.2) is 14.6 Å². The van der Waals surface area contributed by atoms with Gasteiger partial charge in [0.25, 0.3) is 0 Å². The highest BCUT2D eigenvalue weighted by Crippen LogP contribution is 2.35. The van der Waals surface area contributed by atoms with Crippen LogP contribution in [0, 0.1) is 0 Å². The molecule has 2 unspecified atom stereocenters. The number of carbonyl (C=O) groups excluding carboxylic acids is 1. The molecule has 2 N–H and O–H groups in total. The SMILES string of the molecule is CN(C/C=C/C(=O)N1CCC(n2nc(-c3ccc(Oc4ccccc4)cc3)c3c(N)ncnc32)C1)C1CCOC1. The average Bonchev–Trinajstić information content (AvgIpc) is 3.75. The number of rotatable bonds is 8. The summed E-state index contributed by atoms with van der Waals surface area (Å²) < 4.78 is 13.3. The van der Waals surface area contributed by atoms with E-state index in [1.54, 1.807) is 6.08 Å². The average molecular weight is 540 g/mol. The van der Waals surface area contributed by atoms with Crippen LogP contribution >= 0.6 is 0 Å². The number of aromatic nitrogens is 4. The standard InChI is InChI=1S/C30H33N7O3/c1-35(23-14-17-39-19-23)15-5-8-26(38)36-16-13-22(18-36)37-30-27(29(31)32-20-33-30)28(34-37)21-9-11-25(12-10-21)40-24-6-3-2-4-7-24/h2-12,20,22-23H,13-19H2,1H3,(H2,31,32,33)/b8-5+. The summed E-state index contributed by atoms with van der Waals surface area (Å²) in [6, 6.07) is 17.8. The van der Waals surface area contributed by atoms with Crippen molar-refractivity contribution in [3.8, 4) is 22.8 Å². The lowest BCUT2D eigenvalue weighted by Crippen LogP contribution is -2.32. The maximum absolute atomic E-state index is 12.9. The van der Waals surface area contributed by atoms with Gasteiger partial charge in [0.1, 0.15) is 29.3 Å². The van der Waals surface area contributed by atoms with E-state index in [2.05, 4.69) is 21.9 Å². The predicted molar refractivity (Wildman–Crippen MR) is 153 cm³/mol. The molecule has 2 atom stereocenters. The fourth-order valence-corrected chi connectivity index (χ4v) is 5.34. The zero-order valence-corrected chi connectivity index (χ0v) is 22.5. The van der Waals surface area contributed by atoms with Gasteiger partial charge >= 0.3 is 0 Å². The first-order valence-electron chi connectivity index (χ1n) is 13.6. The van der Waals surface area contributed by atoms with E-state index >= 15 is 0 Å². The van der Waals surface area contributed by atoms with Gasteiger partial charge in [0.05, 0.1) is 18.0 Å². The molecule has 2 aromatic heterocycles. The van der Waals surface area contributed by atoms with Gasteiger partial charge in [0.15, 0.2) is 5.65 Å². The first kappa shape index (κ1) is 26.0. The van der Waals surface area contributed by atoms with Crippen LogP contribution < -0.4 is 10.5 Å². The number of hydrogen-bond acceptors (Lipinski definition) is 8. The molecular formula is C30H33N7O3. The zero-order chi connectivity index (χ0) is 27.5. The second-order valence-electron chi connectivity index (χ2n) is 10.3. The van der Waals surface area contributed by atoms with E-state index in [0.29, 0.717) is 41.7 Å². The first-order chi connectivity index (χ1) is 19.6. The molecule has 40 heavy (non-hydrogen) atoms. The van der Waals surface area contributed by atoms with Gasteiger partial charge in [-0.05, 0) is 56.3 Å². The summed E-state index contributed by atoms with van der Waals surface area (Å²) >= 11 is 0. The number of hydrogen-bond donors (Lipinski definition) is 1. The molecule has 4 heterocycles. The molecule has 0 aliphatic carbocycles. The minimum Gasteiger partial charge on any atom is -0.457 e. The molecule has 0 radical (unpaired) electrons. The summed E-state index contributed by atoms with van der Waals surface area (Å²) in [5, 5.41) is 5.67. The van der Waals surface area contributed by atoms with Gasteiger partial charge in [0.2, 0.25) is 5.91 Å². The van der Waals surface area contributed by atoms with Crippen molar-refractivity contribution in [2.75, 3.05) is 45.6 Å². The molecule has 10 nitrogen and oxygen atoms in total. The highest BCUT2D eigenvalue weighted by molar-refractivity contribution is 5.98. The molecule has 2 fully saturated rings. The van der Waals surface area contributed by atoms with Crippen LogP contribution in [0.25, 0.3) is 22.3 Å². The summed E-state index contributed by atoms with van der Waals surface area (Å²) in [4.78, 5) is 25.8. The quantitative estimate of drug-likeness (QED) is 0.336. The molecule has 0 saturated carbocycles. The molecule has 206 valence electrons. The highest BCUT2D eigenvalue weighted by Gasteiger charge is 2.30. The lowest BCUT2D eigenvalue weighted by atomic mass is 10.1. The molecule has 0 spiro atoms. The molecule has 1 amide bonds. The molecule has 6 rings (SSSR count). The summed E-state index contributed by atoms with van der Waals surface area (Å²) in [5.41, 5.74) is 8.59. The van der Waals surface area contributed by atoms with Gasteiger partial charge in [-0.15, -0.1) is 0 Å². The fraction of sp³-hybridized carbons (Fsp3) is 0.333. The van der Waals surface area contributed by atoms with E-state index in [1.807, 2.05) is 70.3 Å². The van der Waals surface area contributed by atoms with Crippen LogP contribution in [0.5, 0.6) is 11.5 Å². The van der Waals surface area contributed by atoms with Crippen molar-refractivity contribution < 1.29 is 14.3 Å². The summed E-state index contributed by atoms with van der Waals surface area (Å²) in [6.07, 6.45) is 6.90. The molecule has 4 aromatic rings. The topological polar surface area (TPSA) is 112 Å². The third kappa shape index (κ3) is 5.41. The van der Waals surface area contributed by atoms with Crippen molar-refractivity contribution in [3.05, 3.63) is 73.1 Å². The highest BCUT2D eigenvalue weighted by atomic mass is 16.5. The van der Waals surface area contributed by atoms with Crippen molar-refractivity contribution >= 4 is 22.8 Å². The molecule has 0 bridgehead atoms. The van der Waals surface area contributed by atoms with Crippen molar-refractivity contribution in [2.45, 2.75) is 24.9 Å². The number of likely N-dealkylation sites (N-methyl/N-ethyl adjacent to an activating group) is 1. The summed E-state index contributed by atoms with van der Waals surface area (Å²) in [5.74, 6) is 1.89. The molecular weight excluding hydrogens is 506 g/mol. The number of amides is 1. The number of anilines is 1. The van der Waals surface area contributed by atoms with Crippen LogP contribution in [-0.4, -0.2) is 81.4 Å². The van der Waals surface area contributed by atoms with Gasteiger partial charge < -0.3 is 20.1 Å². The van der Waals surface area contributed by atoms with Crippen molar-refractivity contribution in [1.82, 2.24) is 29.5 Å². The van der Waals surface area contributed by atoms with Crippen LogP contribution in [0.4, 0.5) is 5.82 Å². The van der Waals surface area contributed by atoms with Gasteiger partial charge in [-0.2, -0.15) is 5.10 Å². The van der Waals surface area contributed by atoms with E-state index in [0.717, 1.165) is 49.7 Å². The number of benzene rings is 2. The summed E-state index contributed by atoms with van der Waals surface area (Å²) in [6.45, 7) is 3.49. The first-order valence-corrected chi connectivity index (χ1v) is 13.6. The largest absolute Gasteiger partial charge is 0.457 e. The van der Waals surface area contributed by atoms with E-state index in [-0.39, 0.29) is 11.9 Å². The number of carbonyl (C=O) groups is 1. The van der Waals surface area contributed by atoms with E-state index in [1.165, 1.54) is 6.33 Å². The normalized spacial score (nSPS) is 19.3. The Morgan fingerprint density at radius 2 is 1.93 bits per heavy atom. The Hall–Kier alpha value is -4.28. The number of fused-ring (bicyclic) bond motifs is 1. The van der Waals surface area contributed by atoms with Crippen molar-refractivity contribution in [1.29, 1.82) is 0 Å². The lowest BCUT2D eigenvalue weighted by molar-refractivity contribution is -0.125. The molecule has 2 saturated heterocycles. The van der Waals surface area contributed by atoms with Gasteiger partial charge in [0, 0.05) is 43.9 Å². The van der Waals surface area contributed by atoms with Crippen LogP contribution in [0.2, 0.25) is 0 Å². The minimum absolute atomic E-state index is 0.0121. The van der Waals surface area contributed by atoms with E-state index in [9.17, 15) is 4.79 Å². The monoisotopic (exact) mass is 539 g/mol. The Labute approximate surface area is 233 Å². The summed E-state index contributed by atoms with van der Waals surface area (Å²) in [7, 11) is 2.07. The van der Waals surface area contributed by atoms with Gasteiger partial charge in [-0.3, -0.25) is 9.69 Å². The van der Waals surface area contributed by atoms with Crippen LogP contribution in [0.15, 0.2) is 73.1 Å². The van der Waals surface area contributed by atoms with Crippen molar-refractivity contribution in [3.63, 3.8) is 0 Å². The molecule has 2 aliphatic rings. The second kappa shape index (κ2) is 11.4. The third-order valence-corrected chi connectivity index (χ3v) is 7.63. The van der Waals surface area contributed by atoms with Gasteiger partial charge in [-0.1, -0.05) is 24.3 Å². The number of nitrogens with two attached hydrogens (primary N) is 1. The fourth-order valence-electron chi connectivity index (χ4n) is 5.34. The Bertz CT molecular complexity index is 1500.